The van der Waals surface area contributed by atoms with Crippen molar-refractivity contribution in [2.45, 2.75) is 24.3 Å². The molecule has 1 fully saturated rings. The van der Waals surface area contributed by atoms with Crippen molar-refractivity contribution >= 4 is 11.8 Å². The Kier molecular flexibility index (Phi) is 2.91. The second-order valence-electron chi connectivity index (χ2n) is 3.56. The Hall–Kier alpha value is -0.470. The lowest BCUT2D eigenvalue weighted by molar-refractivity contribution is 0.282. The van der Waals surface area contributed by atoms with Gasteiger partial charge in [-0.15, -0.1) is 11.8 Å². The molecule has 0 bridgehead atoms. The van der Waals surface area contributed by atoms with Gasteiger partial charge in [-0.05, 0) is 36.5 Å². The normalized spacial score (nSPS) is 16.1. The molecule has 2 rings (SSSR count). The molecule has 0 aromatic heterocycles. The number of aliphatic hydroxyl groups is 1. The van der Waals surface area contributed by atoms with Crippen LogP contribution >= 0.6 is 11.8 Å². The summed E-state index contributed by atoms with van der Waals surface area (Å²) < 4.78 is 0. The van der Waals surface area contributed by atoms with Gasteiger partial charge in [0.05, 0.1) is 6.61 Å². The number of hydrogen-bond acceptors (Lipinski definition) is 2. The van der Waals surface area contributed by atoms with Crippen molar-refractivity contribution in [2.75, 3.05) is 5.75 Å². The molecule has 1 aliphatic carbocycles. The van der Waals surface area contributed by atoms with Crippen molar-refractivity contribution < 1.29 is 5.11 Å². The predicted molar refractivity (Wildman–Crippen MR) is 55.8 cm³/mol. The van der Waals surface area contributed by atoms with E-state index in [0.29, 0.717) is 0 Å². The number of thioether (sulfide) groups is 1. The maximum absolute atomic E-state index is 8.85. The van der Waals surface area contributed by atoms with E-state index in [9.17, 15) is 0 Å². The van der Waals surface area contributed by atoms with Crippen LogP contribution in [0, 0.1) is 5.92 Å². The molecule has 70 valence electrons. The summed E-state index contributed by atoms with van der Waals surface area (Å²) in [4.78, 5) is 1.32. The summed E-state index contributed by atoms with van der Waals surface area (Å²) in [6, 6.07) is 8.18. The highest BCUT2D eigenvalue weighted by molar-refractivity contribution is 7.99. The summed E-state index contributed by atoms with van der Waals surface area (Å²) in [5.74, 6) is 2.24. The van der Waals surface area contributed by atoms with E-state index < -0.39 is 0 Å². The maximum atomic E-state index is 8.85. The Morgan fingerprint density at radius 1 is 1.23 bits per heavy atom. The molecule has 1 aromatic rings. The van der Waals surface area contributed by atoms with Gasteiger partial charge in [-0.3, -0.25) is 0 Å². The molecule has 0 aliphatic heterocycles. The van der Waals surface area contributed by atoms with Gasteiger partial charge in [0.25, 0.3) is 0 Å². The third-order valence-corrected chi connectivity index (χ3v) is 3.53. The summed E-state index contributed by atoms with van der Waals surface area (Å²) in [6.45, 7) is 0.146. The SMILES string of the molecule is OCc1ccc(SCC2CC2)cc1. The van der Waals surface area contributed by atoms with Crippen molar-refractivity contribution in [3.63, 3.8) is 0 Å². The fraction of sp³-hybridized carbons (Fsp3) is 0.455. The largest absolute Gasteiger partial charge is 0.392 e. The summed E-state index contributed by atoms with van der Waals surface area (Å²) in [5.41, 5.74) is 0.996. The van der Waals surface area contributed by atoms with Crippen LogP contribution in [0.1, 0.15) is 18.4 Å². The lowest BCUT2D eigenvalue weighted by Gasteiger charge is -2.00. The molecule has 1 aliphatic rings. The first-order chi connectivity index (χ1) is 6.38. The van der Waals surface area contributed by atoms with E-state index in [0.717, 1.165) is 11.5 Å². The fourth-order valence-electron chi connectivity index (χ4n) is 1.19. The van der Waals surface area contributed by atoms with Crippen LogP contribution in [-0.4, -0.2) is 10.9 Å². The fourth-order valence-corrected chi connectivity index (χ4v) is 2.28. The zero-order chi connectivity index (χ0) is 9.10. The van der Waals surface area contributed by atoms with Crippen LogP contribution in [0.3, 0.4) is 0 Å². The molecule has 1 N–H and O–H groups in total. The topological polar surface area (TPSA) is 20.2 Å². The lowest BCUT2D eigenvalue weighted by atomic mass is 10.2. The Bertz CT molecular complexity index is 264. The molecule has 0 atom stereocenters. The van der Waals surface area contributed by atoms with Crippen molar-refractivity contribution in [3.8, 4) is 0 Å². The number of aliphatic hydroxyl groups excluding tert-OH is 1. The second kappa shape index (κ2) is 4.16. The van der Waals surface area contributed by atoms with Crippen LogP contribution in [-0.2, 0) is 6.61 Å². The molecule has 1 saturated carbocycles. The van der Waals surface area contributed by atoms with Gasteiger partial charge >= 0.3 is 0 Å². The summed E-state index contributed by atoms with van der Waals surface area (Å²) in [7, 11) is 0. The standard InChI is InChI=1S/C11H14OS/c12-7-9-3-5-11(6-4-9)13-8-10-1-2-10/h3-6,10,12H,1-2,7-8H2. The second-order valence-corrected chi connectivity index (χ2v) is 4.65. The quantitative estimate of drug-likeness (QED) is 0.744. The molecule has 0 amide bonds. The van der Waals surface area contributed by atoms with E-state index in [-0.39, 0.29) is 6.61 Å². The average molecular weight is 194 g/mol. The highest BCUT2D eigenvalue weighted by atomic mass is 32.2. The monoisotopic (exact) mass is 194 g/mol. The molecule has 0 saturated heterocycles. The third kappa shape index (κ3) is 2.75. The Balaban J connectivity index is 1.88. The Morgan fingerprint density at radius 3 is 2.46 bits per heavy atom. The minimum atomic E-state index is 0.146. The van der Waals surface area contributed by atoms with Crippen LogP contribution in [0.5, 0.6) is 0 Å². The molecule has 13 heavy (non-hydrogen) atoms. The lowest BCUT2D eigenvalue weighted by Crippen LogP contribution is -1.83. The van der Waals surface area contributed by atoms with E-state index in [2.05, 4.69) is 12.1 Å². The first-order valence-corrected chi connectivity index (χ1v) is 5.69. The van der Waals surface area contributed by atoms with Crippen LogP contribution < -0.4 is 0 Å². The molecule has 0 radical (unpaired) electrons. The molecular formula is C11H14OS. The van der Waals surface area contributed by atoms with Gasteiger partial charge in [0, 0.05) is 10.6 Å². The highest BCUT2D eigenvalue weighted by Crippen LogP contribution is 2.34. The van der Waals surface area contributed by atoms with Gasteiger partial charge in [0.15, 0.2) is 0 Å². The van der Waals surface area contributed by atoms with Gasteiger partial charge < -0.3 is 5.11 Å². The molecule has 0 spiro atoms. The summed E-state index contributed by atoms with van der Waals surface area (Å²) in [6.07, 6.45) is 2.84. The van der Waals surface area contributed by atoms with Gasteiger partial charge in [-0.25, -0.2) is 0 Å². The van der Waals surface area contributed by atoms with Gasteiger partial charge in [-0.2, -0.15) is 0 Å². The molecule has 0 heterocycles. The van der Waals surface area contributed by atoms with Crippen molar-refractivity contribution in [1.82, 2.24) is 0 Å². The van der Waals surface area contributed by atoms with Gasteiger partial charge in [0.1, 0.15) is 0 Å². The molecule has 0 unspecified atom stereocenters. The minimum Gasteiger partial charge on any atom is -0.392 e. The average Bonchev–Trinajstić information content (AvgIpc) is 2.99. The van der Waals surface area contributed by atoms with Crippen molar-refractivity contribution in [2.24, 2.45) is 5.92 Å². The van der Waals surface area contributed by atoms with E-state index in [1.54, 1.807) is 0 Å². The zero-order valence-electron chi connectivity index (χ0n) is 7.57. The maximum Gasteiger partial charge on any atom is 0.0681 e. The smallest absolute Gasteiger partial charge is 0.0681 e. The van der Waals surface area contributed by atoms with Crippen LogP contribution in [0.2, 0.25) is 0 Å². The van der Waals surface area contributed by atoms with Gasteiger partial charge in [0.2, 0.25) is 0 Å². The Labute approximate surface area is 83.2 Å². The van der Waals surface area contributed by atoms with Crippen LogP contribution in [0.25, 0.3) is 0 Å². The number of hydrogen-bond donors (Lipinski definition) is 1. The molecule has 1 aromatic carbocycles. The number of rotatable bonds is 4. The van der Waals surface area contributed by atoms with Crippen LogP contribution in [0.15, 0.2) is 29.2 Å². The first kappa shape index (κ1) is 9.10. The van der Waals surface area contributed by atoms with Crippen molar-refractivity contribution in [1.29, 1.82) is 0 Å². The summed E-state index contributed by atoms with van der Waals surface area (Å²) in [5, 5.41) is 8.85. The van der Waals surface area contributed by atoms with E-state index >= 15 is 0 Å². The Morgan fingerprint density at radius 2 is 1.92 bits per heavy atom. The zero-order valence-corrected chi connectivity index (χ0v) is 8.39. The molecular weight excluding hydrogens is 180 g/mol. The van der Waals surface area contributed by atoms with Crippen LogP contribution in [0.4, 0.5) is 0 Å². The van der Waals surface area contributed by atoms with E-state index in [1.165, 1.54) is 23.5 Å². The minimum absolute atomic E-state index is 0.146. The predicted octanol–water partition coefficient (Wildman–Crippen LogP) is 2.68. The van der Waals surface area contributed by atoms with E-state index in [4.69, 9.17) is 5.11 Å². The van der Waals surface area contributed by atoms with Gasteiger partial charge in [-0.1, -0.05) is 12.1 Å². The highest BCUT2D eigenvalue weighted by Gasteiger charge is 2.20. The van der Waals surface area contributed by atoms with Crippen molar-refractivity contribution in [3.05, 3.63) is 29.8 Å². The molecule has 1 nitrogen and oxygen atoms in total. The number of benzene rings is 1. The third-order valence-electron chi connectivity index (χ3n) is 2.29. The van der Waals surface area contributed by atoms with E-state index in [1.807, 2.05) is 23.9 Å². The summed E-state index contributed by atoms with van der Waals surface area (Å²) >= 11 is 1.93. The molecule has 2 heteroatoms. The first-order valence-electron chi connectivity index (χ1n) is 4.71.